The van der Waals surface area contributed by atoms with Gasteiger partial charge in [0, 0.05) is 0 Å². The molecule has 0 spiro atoms. The van der Waals surface area contributed by atoms with Crippen LogP contribution in [0.1, 0.15) is 0 Å². The van der Waals surface area contributed by atoms with Crippen LogP contribution >= 0.6 is 46.6 Å². The quantitative estimate of drug-likeness (QED) is 0.600. The summed E-state index contributed by atoms with van der Waals surface area (Å²) in [6, 6.07) is 0. The molecule has 0 atom stereocenters. The molecule has 0 aliphatic rings. The van der Waals surface area contributed by atoms with E-state index in [1.165, 1.54) is 0 Å². The zero-order valence-electron chi connectivity index (χ0n) is 3.53. The number of primary amides is 1. The molecule has 0 saturated carbocycles. The Morgan fingerprint density at radius 3 is 1.88 bits per heavy atom. The lowest BCUT2D eigenvalue weighted by Gasteiger charge is -2.03. The first-order chi connectivity index (χ1) is 3.42. The largest absolute Gasteiger partial charge is 0.360 e. The van der Waals surface area contributed by atoms with Crippen LogP contribution in [0.5, 0.6) is 0 Å². The van der Waals surface area contributed by atoms with E-state index in [0.29, 0.717) is 11.8 Å². The molecule has 2 N–H and O–H groups in total. The summed E-state index contributed by atoms with van der Waals surface area (Å²) < 4.78 is -1.62. The lowest BCUT2D eigenvalue weighted by Crippen LogP contribution is -2.08. The summed E-state index contributed by atoms with van der Waals surface area (Å²) in [5, 5.41) is -0.704. The van der Waals surface area contributed by atoms with Crippen LogP contribution in [0.3, 0.4) is 0 Å². The Bertz CT molecular complexity index is 99.9. The Labute approximate surface area is 65.6 Å². The fourth-order valence-corrected chi connectivity index (χ4v) is 1.03. The Morgan fingerprint density at radius 2 is 1.88 bits per heavy atom. The van der Waals surface area contributed by atoms with Crippen LogP contribution in [-0.4, -0.2) is 8.36 Å². The molecule has 0 heterocycles. The molecule has 48 valence electrons. The van der Waals surface area contributed by atoms with Crippen molar-refractivity contribution in [2.24, 2.45) is 5.73 Å². The van der Waals surface area contributed by atoms with Crippen molar-refractivity contribution < 1.29 is 4.79 Å². The van der Waals surface area contributed by atoms with Gasteiger partial charge in [-0.25, -0.2) is 0 Å². The minimum Gasteiger partial charge on any atom is -0.360 e. The highest BCUT2D eigenvalue weighted by molar-refractivity contribution is 8.17. The van der Waals surface area contributed by atoms with E-state index in [2.05, 4.69) is 5.73 Å². The highest BCUT2D eigenvalue weighted by atomic mass is 35.6. The third-order valence-corrected chi connectivity index (χ3v) is 1.34. The van der Waals surface area contributed by atoms with Crippen molar-refractivity contribution >= 4 is 51.8 Å². The van der Waals surface area contributed by atoms with E-state index in [4.69, 9.17) is 34.8 Å². The Kier molecular flexibility index (Phi) is 3.27. The highest BCUT2D eigenvalue weighted by Crippen LogP contribution is 2.38. The maximum absolute atomic E-state index is 9.95. The van der Waals surface area contributed by atoms with Gasteiger partial charge in [0.25, 0.3) is 5.24 Å². The molecular weight excluding hydrogens is 192 g/mol. The van der Waals surface area contributed by atoms with Crippen LogP contribution < -0.4 is 5.73 Å². The van der Waals surface area contributed by atoms with E-state index < -0.39 is 8.36 Å². The number of rotatable bonds is 0. The van der Waals surface area contributed by atoms with Crippen molar-refractivity contribution in [3.05, 3.63) is 0 Å². The number of hydrogen-bond acceptors (Lipinski definition) is 2. The number of hydrogen-bond donors (Lipinski definition) is 1. The molecular formula is C2H2Cl3NOS. The first-order valence-electron chi connectivity index (χ1n) is 1.47. The minimum atomic E-state index is -1.62. The monoisotopic (exact) mass is 193 g/mol. The average Bonchev–Trinajstić information content (AvgIpc) is 1.21. The van der Waals surface area contributed by atoms with Crippen LogP contribution in [0.15, 0.2) is 0 Å². The lowest BCUT2D eigenvalue weighted by molar-refractivity contribution is 0.267. The average molecular weight is 194 g/mol. The van der Waals surface area contributed by atoms with Crippen molar-refractivity contribution in [2.75, 3.05) is 0 Å². The second-order valence-electron chi connectivity index (χ2n) is 0.867. The van der Waals surface area contributed by atoms with Crippen LogP contribution in [0.25, 0.3) is 0 Å². The van der Waals surface area contributed by atoms with Crippen LogP contribution in [0, 0.1) is 0 Å². The molecule has 0 aliphatic carbocycles. The topological polar surface area (TPSA) is 43.1 Å². The predicted octanol–water partition coefficient (Wildman–Crippen LogP) is 2.13. The fraction of sp³-hybridized carbons (Fsp3) is 0.500. The first-order valence-corrected chi connectivity index (χ1v) is 3.42. The summed E-state index contributed by atoms with van der Waals surface area (Å²) in [5.74, 6) is 0. The second-order valence-corrected chi connectivity index (χ2v) is 5.04. The highest BCUT2D eigenvalue weighted by Gasteiger charge is 2.23. The van der Waals surface area contributed by atoms with Gasteiger partial charge < -0.3 is 5.73 Å². The number of thioether (sulfide) groups is 1. The van der Waals surface area contributed by atoms with Crippen molar-refractivity contribution in [1.29, 1.82) is 0 Å². The second kappa shape index (κ2) is 3.01. The summed E-state index contributed by atoms with van der Waals surface area (Å²) in [6.45, 7) is 0. The summed E-state index contributed by atoms with van der Waals surface area (Å²) in [7, 11) is 0. The molecule has 6 heteroatoms. The number of halogens is 3. The van der Waals surface area contributed by atoms with Crippen LogP contribution in [-0.2, 0) is 0 Å². The molecule has 0 aromatic heterocycles. The first kappa shape index (κ1) is 8.69. The molecule has 0 aromatic rings. The summed E-state index contributed by atoms with van der Waals surface area (Å²) in [6.07, 6.45) is 0. The zero-order chi connectivity index (χ0) is 6.78. The van der Waals surface area contributed by atoms with Gasteiger partial charge in [0.2, 0.25) is 3.12 Å². The lowest BCUT2D eigenvalue weighted by atomic mass is 11.5. The van der Waals surface area contributed by atoms with Crippen LogP contribution in [0.4, 0.5) is 4.79 Å². The molecule has 0 radical (unpaired) electrons. The van der Waals surface area contributed by atoms with Gasteiger partial charge in [-0.3, -0.25) is 4.79 Å². The van der Waals surface area contributed by atoms with Gasteiger partial charge in [-0.1, -0.05) is 34.8 Å². The fourth-order valence-electron chi connectivity index (χ4n) is 0.114. The number of carbonyl (C=O) groups is 1. The molecule has 2 nitrogen and oxygen atoms in total. The Hall–Kier alpha value is 0.690. The van der Waals surface area contributed by atoms with E-state index in [1.54, 1.807) is 0 Å². The minimum absolute atomic E-state index is 0.447. The maximum atomic E-state index is 9.95. The van der Waals surface area contributed by atoms with Crippen molar-refractivity contribution in [2.45, 2.75) is 3.12 Å². The molecule has 0 bridgehead atoms. The summed E-state index contributed by atoms with van der Waals surface area (Å²) >= 11 is 15.8. The van der Waals surface area contributed by atoms with Crippen LogP contribution in [0.2, 0.25) is 0 Å². The van der Waals surface area contributed by atoms with Gasteiger partial charge in [-0.2, -0.15) is 0 Å². The number of amides is 1. The predicted molar refractivity (Wildman–Crippen MR) is 37.5 cm³/mol. The van der Waals surface area contributed by atoms with E-state index in [9.17, 15) is 4.79 Å². The van der Waals surface area contributed by atoms with Gasteiger partial charge in [-0.15, -0.1) is 0 Å². The molecule has 0 aliphatic heterocycles. The Morgan fingerprint density at radius 1 is 1.50 bits per heavy atom. The molecule has 0 fully saturated rings. The standard InChI is InChI=1S/C2H2Cl3NOS/c3-2(4,5)8-1(6)7/h(H2,6,7). The molecule has 0 aromatic carbocycles. The van der Waals surface area contributed by atoms with Gasteiger partial charge in [-0.05, 0) is 11.8 Å². The van der Waals surface area contributed by atoms with Gasteiger partial charge >= 0.3 is 0 Å². The van der Waals surface area contributed by atoms with Gasteiger partial charge in [0.15, 0.2) is 0 Å². The Balaban J connectivity index is 3.55. The number of nitrogens with two attached hydrogens (primary N) is 1. The zero-order valence-corrected chi connectivity index (χ0v) is 6.61. The van der Waals surface area contributed by atoms with Crippen molar-refractivity contribution in [1.82, 2.24) is 0 Å². The summed E-state index contributed by atoms with van der Waals surface area (Å²) in [5.41, 5.74) is 4.65. The number of carbonyl (C=O) groups excluding carboxylic acids is 1. The molecule has 8 heavy (non-hydrogen) atoms. The van der Waals surface area contributed by atoms with Crippen molar-refractivity contribution in [3.8, 4) is 0 Å². The van der Waals surface area contributed by atoms with Gasteiger partial charge in [0.1, 0.15) is 0 Å². The van der Waals surface area contributed by atoms with E-state index in [0.717, 1.165) is 0 Å². The third kappa shape index (κ3) is 6.69. The smallest absolute Gasteiger partial charge is 0.280 e. The van der Waals surface area contributed by atoms with E-state index in [-0.39, 0.29) is 0 Å². The van der Waals surface area contributed by atoms with Crippen molar-refractivity contribution in [3.63, 3.8) is 0 Å². The van der Waals surface area contributed by atoms with Gasteiger partial charge in [0.05, 0.1) is 0 Å². The molecule has 0 saturated heterocycles. The normalized spacial score (nSPS) is 11.4. The molecule has 1 amide bonds. The SMILES string of the molecule is NC(=O)SC(Cl)(Cl)Cl. The maximum Gasteiger partial charge on any atom is 0.280 e. The van der Waals surface area contributed by atoms with E-state index in [1.807, 2.05) is 0 Å². The molecule has 0 unspecified atom stereocenters. The molecule has 0 rings (SSSR count). The van der Waals surface area contributed by atoms with E-state index >= 15 is 0 Å². The number of alkyl halides is 3. The summed E-state index contributed by atoms with van der Waals surface area (Å²) in [4.78, 5) is 9.95. The third-order valence-electron chi connectivity index (χ3n) is 0.216.